The Kier molecular flexibility index (Phi) is 5.66. The normalized spacial score (nSPS) is 11.0. The number of methoxy groups -OCH3 is 1. The lowest BCUT2D eigenvalue weighted by atomic mass is 10.1. The Morgan fingerprint density at radius 1 is 1.00 bits per heavy atom. The van der Waals surface area contributed by atoms with Crippen LogP contribution < -0.4 is 10.1 Å². The van der Waals surface area contributed by atoms with Crippen LogP contribution in [0, 0.1) is 11.6 Å². The quantitative estimate of drug-likeness (QED) is 0.707. The zero-order valence-corrected chi connectivity index (χ0v) is 15.1. The number of nitrogens with one attached hydrogen (secondary N) is 1. The third kappa shape index (κ3) is 4.80. The van der Waals surface area contributed by atoms with Gasteiger partial charge in [-0.15, -0.1) is 0 Å². The van der Waals surface area contributed by atoms with Crippen LogP contribution in [0.3, 0.4) is 0 Å². The largest absolute Gasteiger partial charge is 0.497 e. The van der Waals surface area contributed by atoms with Crippen LogP contribution in [-0.4, -0.2) is 31.5 Å². The highest BCUT2D eigenvalue weighted by molar-refractivity contribution is 5.92. The molecular weight excluding hydrogens is 350 g/mol. The van der Waals surface area contributed by atoms with Crippen LogP contribution in [-0.2, 0) is 11.3 Å². The van der Waals surface area contributed by atoms with Gasteiger partial charge >= 0.3 is 0 Å². The van der Waals surface area contributed by atoms with Crippen LogP contribution in [0.5, 0.6) is 5.75 Å². The summed E-state index contributed by atoms with van der Waals surface area (Å²) < 4.78 is 31.4. The number of hydrogen-bond donors (Lipinski definition) is 1. The van der Waals surface area contributed by atoms with Gasteiger partial charge in [-0.1, -0.05) is 18.2 Å². The van der Waals surface area contributed by atoms with Crippen molar-refractivity contribution in [2.45, 2.75) is 6.54 Å². The molecule has 6 heteroatoms. The molecule has 27 heavy (non-hydrogen) atoms. The van der Waals surface area contributed by atoms with E-state index in [1.807, 2.05) is 42.3 Å². The first-order chi connectivity index (χ1) is 12.9. The predicted octanol–water partition coefficient (Wildman–Crippen LogP) is 4.20. The summed E-state index contributed by atoms with van der Waals surface area (Å²) in [5.74, 6) is -1.43. The Labute approximate surface area is 156 Å². The van der Waals surface area contributed by atoms with Crippen LogP contribution in [0.2, 0.25) is 0 Å². The summed E-state index contributed by atoms with van der Waals surface area (Å²) in [7, 11) is 3.46. The Bertz CT molecular complexity index is 976. The molecule has 0 saturated heterocycles. The van der Waals surface area contributed by atoms with Crippen molar-refractivity contribution >= 4 is 22.4 Å². The van der Waals surface area contributed by atoms with Crippen LogP contribution >= 0.6 is 0 Å². The molecule has 4 nitrogen and oxygen atoms in total. The summed E-state index contributed by atoms with van der Waals surface area (Å²) in [6.07, 6.45) is 0. The molecule has 0 aliphatic carbocycles. The monoisotopic (exact) mass is 370 g/mol. The average molecular weight is 370 g/mol. The number of ether oxygens (including phenoxy) is 1. The molecule has 1 N–H and O–H groups in total. The van der Waals surface area contributed by atoms with Crippen molar-refractivity contribution < 1.29 is 18.3 Å². The lowest BCUT2D eigenvalue weighted by Gasteiger charge is -2.17. The molecule has 1 amide bonds. The highest BCUT2D eigenvalue weighted by Gasteiger charge is 2.10. The molecule has 3 rings (SSSR count). The van der Waals surface area contributed by atoms with E-state index in [2.05, 4.69) is 11.4 Å². The highest BCUT2D eigenvalue weighted by Crippen LogP contribution is 2.22. The Balaban J connectivity index is 1.61. The maximum Gasteiger partial charge on any atom is 0.238 e. The first kappa shape index (κ1) is 18.8. The van der Waals surface area contributed by atoms with Crippen molar-refractivity contribution in [2.75, 3.05) is 26.0 Å². The van der Waals surface area contributed by atoms with Crippen molar-refractivity contribution in [1.29, 1.82) is 0 Å². The standard InChI is InChI=1S/C21H20F2N2O2/c1-25(13-21(26)24-17-6-8-19(22)20(23)11-17)12-14-3-4-16-10-18(27-2)7-5-15(16)9-14/h3-11H,12-13H2,1-2H3,(H,24,26). The number of likely N-dealkylation sites (N-methyl/N-ethyl adjacent to an activating group) is 1. The first-order valence-corrected chi connectivity index (χ1v) is 8.45. The van der Waals surface area contributed by atoms with E-state index in [1.165, 1.54) is 6.07 Å². The van der Waals surface area contributed by atoms with Gasteiger partial charge in [-0.25, -0.2) is 8.78 Å². The molecule has 0 spiro atoms. The molecule has 0 heterocycles. The maximum absolute atomic E-state index is 13.2. The van der Waals surface area contributed by atoms with E-state index in [0.717, 1.165) is 34.2 Å². The summed E-state index contributed by atoms with van der Waals surface area (Å²) in [6, 6.07) is 15.2. The number of rotatable bonds is 6. The highest BCUT2D eigenvalue weighted by atomic mass is 19.2. The summed E-state index contributed by atoms with van der Waals surface area (Å²) in [4.78, 5) is 14.0. The lowest BCUT2D eigenvalue weighted by molar-refractivity contribution is -0.117. The number of amides is 1. The fraction of sp³-hybridized carbons (Fsp3) is 0.190. The van der Waals surface area contributed by atoms with Gasteiger partial charge < -0.3 is 10.1 Å². The molecule has 0 aromatic heterocycles. The third-order valence-corrected chi connectivity index (χ3v) is 4.18. The number of nitrogens with zero attached hydrogens (tertiary/aromatic N) is 1. The van der Waals surface area contributed by atoms with Gasteiger partial charge in [-0.3, -0.25) is 9.69 Å². The Morgan fingerprint density at radius 2 is 1.74 bits per heavy atom. The van der Waals surface area contributed by atoms with Crippen LogP contribution in [0.4, 0.5) is 14.5 Å². The van der Waals surface area contributed by atoms with Crippen molar-refractivity contribution in [1.82, 2.24) is 4.90 Å². The van der Waals surface area contributed by atoms with Gasteiger partial charge in [0.05, 0.1) is 13.7 Å². The maximum atomic E-state index is 13.2. The van der Waals surface area contributed by atoms with Gasteiger partial charge in [-0.05, 0) is 53.7 Å². The summed E-state index contributed by atoms with van der Waals surface area (Å²) in [5.41, 5.74) is 1.29. The molecule has 0 aliphatic rings. The van der Waals surface area contributed by atoms with Gasteiger partial charge in [0.25, 0.3) is 0 Å². The summed E-state index contributed by atoms with van der Waals surface area (Å²) >= 11 is 0. The van der Waals surface area contributed by atoms with Gasteiger partial charge in [0, 0.05) is 18.3 Å². The topological polar surface area (TPSA) is 41.6 Å². The molecule has 0 fully saturated rings. The summed E-state index contributed by atoms with van der Waals surface area (Å²) in [6.45, 7) is 0.701. The van der Waals surface area contributed by atoms with E-state index in [9.17, 15) is 13.6 Å². The number of anilines is 1. The zero-order chi connectivity index (χ0) is 19.4. The molecule has 0 unspecified atom stereocenters. The second-order valence-corrected chi connectivity index (χ2v) is 6.40. The van der Waals surface area contributed by atoms with Crippen LogP contribution in [0.1, 0.15) is 5.56 Å². The fourth-order valence-electron chi connectivity index (χ4n) is 2.89. The molecule has 140 valence electrons. The minimum atomic E-state index is -0.992. The first-order valence-electron chi connectivity index (χ1n) is 8.45. The average Bonchev–Trinajstić information content (AvgIpc) is 2.64. The van der Waals surface area contributed by atoms with Crippen molar-refractivity contribution in [3.63, 3.8) is 0 Å². The molecule has 0 saturated carbocycles. The minimum Gasteiger partial charge on any atom is -0.497 e. The third-order valence-electron chi connectivity index (χ3n) is 4.18. The van der Waals surface area contributed by atoms with Gasteiger partial charge in [0.1, 0.15) is 5.75 Å². The van der Waals surface area contributed by atoms with Gasteiger partial charge in [0.15, 0.2) is 11.6 Å². The number of hydrogen-bond acceptors (Lipinski definition) is 3. The number of carbonyl (C=O) groups is 1. The van der Waals surface area contributed by atoms with E-state index in [4.69, 9.17) is 4.74 Å². The predicted molar refractivity (Wildman–Crippen MR) is 102 cm³/mol. The fourth-order valence-corrected chi connectivity index (χ4v) is 2.89. The Hall–Kier alpha value is -2.99. The number of fused-ring (bicyclic) bond motifs is 1. The van der Waals surface area contributed by atoms with Crippen molar-refractivity contribution in [2.24, 2.45) is 0 Å². The SMILES string of the molecule is COc1ccc2cc(CN(C)CC(=O)Nc3ccc(F)c(F)c3)ccc2c1. The minimum absolute atomic E-state index is 0.125. The lowest BCUT2D eigenvalue weighted by Crippen LogP contribution is -2.29. The van der Waals surface area contributed by atoms with Crippen LogP contribution in [0.15, 0.2) is 54.6 Å². The molecule has 3 aromatic rings. The second kappa shape index (κ2) is 8.14. The van der Waals surface area contributed by atoms with Gasteiger partial charge in [0.2, 0.25) is 5.91 Å². The zero-order valence-electron chi connectivity index (χ0n) is 15.1. The number of benzene rings is 3. The molecule has 0 bridgehead atoms. The molecule has 3 aromatic carbocycles. The van der Waals surface area contributed by atoms with Crippen molar-refractivity contribution in [3.05, 3.63) is 71.8 Å². The van der Waals surface area contributed by atoms with E-state index >= 15 is 0 Å². The summed E-state index contributed by atoms with van der Waals surface area (Å²) in [5, 5.41) is 4.74. The molecular formula is C21H20F2N2O2. The van der Waals surface area contributed by atoms with Crippen molar-refractivity contribution in [3.8, 4) is 5.75 Å². The molecule has 0 radical (unpaired) electrons. The Morgan fingerprint density at radius 3 is 2.48 bits per heavy atom. The number of halogens is 2. The number of carbonyl (C=O) groups excluding carboxylic acids is 1. The van der Waals surface area contributed by atoms with E-state index < -0.39 is 11.6 Å². The second-order valence-electron chi connectivity index (χ2n) is 6.40. The molecule has 0 aliphatic heterocycles. The smallest absolute Gasteiger partial charge is 0.238 e. The van der Waals surface area contributed by atoms with Gasteiger partial charge in [-0.2, -0.15) is 0 Å². The molecule has 0 atom stereocenters. The van der Waals surface area contributed by atoms with E-state index in [1.54, 1.807) is 7.11 Å². The van der Waals surface area contributed by atoms with E-state index in [0.29, 0.717) is 6.54 Å². The van der Waals surface area contributed by atoms with Crippen LogP contribution in [0.25, 0.3) is 10.8 Å². The van der Waals surface area contributed by atoms with E-state index in [-0.39, 0.29) is 18.1 Å².